The van der Waals surface area contributed by atoms with Crippen LogP contribution in [0.1, 0.15) is 30.1 Å². The number of imidazole rings is 1. The lowest BCUT2D eigenvalue weighted by Gasteiger charge is -2.26. The molecular formula is C23H25N5O3. The molecule has 2 fully saturated rings. The number of rotatable bonds is 3. The van der Waals surface area contributed by atoms with Gasteiger partial charge in [-0.2, -0.15) is 0 Å². The minimum absolute atomic E-state index is 0.00369. The third-order valence-electron chi connectivity index (χ3n) is 7.19. The van der Waals surface area contributed by atoms with Gasteiger partial charge in [0.15, 0.2) is 0 Å². The van der Waals surface area contributed by atoms with Crippen LogP contribution < -0.4 is 0 Å². The van der Waals surface area contributed by atoms with Crippen LogP contribution in [0.5, 0.6) is 0 Å². The van der Waals surface area contributed by atoms with Crippen LogP contribution in [0.3, 0.4) is 0 Å². The fraction of sp³-hybridized carbons (Fsp3) is 0.435. The minimum atomic E-state index is -0.866. The monoisotopic (exact) mass is 419 g/mol. The van der Waals surface area contributed by atoms with Crippen molar-refractivity contribution in [2.24, 2.45) is 5.41 Å². The van der Waals surface area contributed by atoms with E-state index in [2.05, 4.69) is 27.1 Å². The van der Waals surface area contributed by atoms with E-state index < -0.39 is 17.6 Å². The Balaban J connectivity index is 1.24. The summed E-state index contributed by atoms with van der Waals surface area (Å²) in [5, 5.41) is 23.0. The van der Waals surface area contributed by atoms with Gasteiger partial charge < -0.3 is 23.9 Å². The van der Waals surface area contributed by atoms with E-state index in [4.69, 9.17) is 4.74 Å². The van der Waals surface area contributed by atoms with E-state index in [0.29, 0.717) is 19.4 Å². The summed E-state index contributed by atoms with van der Waals surface area (Å²) < 4.78 is 10.1. The summed E-state index contributed by atoms with van der Waals surface area (Å²) in [5.41, 5.74) is 3.33. The Morgan fingerprint density at radius 1 is 1.13 bits per heavy atom. The van der Waals surface area contributed by atoms with Gasteiger partial charge in [0.05, 0.1) is 30.6 Å². The lowest BCUT2D eigenvalue weighted by atomic mass is 9.80. The fourth-order valence-electron chi connectivity index (χ4n) is 5.54. The fourth-order valence-corrected chi connectivity index (χ4v) is 5.54. The van der Waals surface area contributed by atoms with Crippen LogP contribution in [0.4, 0.5) is 0 Å². The molecule has 5 heterocycles. The molecule has 0 bridgehead atoms. The maximum atomic E-state index is 11.1. The molecule has 0 unspecified atom stereocenters. The Morgan fingerprint density at radius 2 is 2.03 bits per heavy atom. The molecule has 5 atom stereocenters. The van der Waals surface area contributed by atoms with Gasteiger partial charge in [0.1, 0.15) is 23.7 Å². The molecule has 2 aliphatic rings. The van der Waals surface area contributed by atoms with Crippen molar-refractivity contribution in [3.05, 3.63) is 60.6 Å². The molecule has 0 aromatic carbocycles. The summed E-state index contributed by atoms with van der Waals surface area (Å²) in [5.74, 6) is 0. The van der Waals surface area contributed by atoms with Gasteiger partial charge in [0, 0.05) is 35.6 Å². The zero-order valence-electron chi connectivity index (χ0n) is 17.3. The Labute approximate surface area is 179 Å². The van der Waals surface area contributed by atoms with Crippen LogP contribution in [0, 0.1) is 12.3 Å². The van der Waals surface area contributed by atoms with Gasteiger partial charge in [-0.25, -0.2) is 15.0 Å². The van der Waals surface area contributed by atoms with Crippen LogP contribution in [0.15, 0.2) is 49.3 Å². The standard InChI is InChI=1S/C23H25N5O3/c1-14-17-3-6-28(22(17)26-13-25-14)18-11-23(21(30)20(18)29)10-16(31-12-23)8-15-2-5-27-7-4-24-19(27)9-15/h2-7,9,13,16,18,20-21,29-30H,8,10-12H2,1H3/t16-,18+,20-,21-,23-/m0/s1. The number of nitrogens with zero attached hydrogens (tertiary/aromatic N) is 5. The van der Waals surface area contributed by atoms with Gasteiger partial charge in [-0.1, -0.05) is 0 Å². The molecule has 1 aliphatic heterocycles. The molecule has 2 N–H and O–H groups in total. The molecule has 8 heteroatoms. The second-order valence-corrected chi connectivity index (χ2v) is 9.06. The highest BCUT2D eigenvalue weighted by Crippen LogP contribution is 2.52. The van der Waals surface area contributed by atoms with Gasteiger partial charge in [0.25, 0.3) is 0 Å². The van der Waals surface area contributed by atoms with E-state index in [1.165, 1.54) is 0 Å². The summed E-state index contributed by atoms with van der Waals surface area (Å²) in [4.78, 5) is 13.0. The first-order chi connectivity index (χ1) is 15.0. The van der Waals surface area contributed by atoms with Crippen molar-refractivity contribution < 1.29 is 14.9 Å². The van der Waals surface area contributed by atoms with Gasteiger partial charge >= 0.3 is 0 Å². The molecule has 160 valence electrons. The molecule has 1 saturated heterocycles. The number of hydrogen-bond acceptors (Lipinski definition) is 6. The molecule has 8 nitrogen and oxygen atoms in total. The third-order valence-corrected chi connectivity index (χ3v) is 7.19. The van der Waals surface area contributed by atoms with Crippen LogP contribution in [-0.2, 0) is 11.2 Å². The minimum Gasteiger partial charge on any atom is -0.390 e. The summed E-state index contributed by atoms with van der Waals surface area (Å²) >= 11 is 0. The normalized spacial score (nSPS) is 30.8. The molecule has 1 aliphatic carbocycles. The topological polar surface area (TPSA) is 97.7 Å². The van der Waals surface area contributed by atoms with E-state index in [1.54, 1.807) is 12.5 Å². The number of aliphatic hydroxyl groups excluding tert-OH is 2. The Morgan fingerprint density at radius 3 is 2.94 bits per heavy atom. The summed E-state index contributed by atoms with van der Waals surface area (Å²) in [6, 6.07) is 5.89. The van der Waals surface area contributed by atoms with Crippen molar-refractivity contribution in [1.29, 1.82) is 0 Å². The smallest absolute Gasteiger partial charge is 0.143 e. The molecule has 31 heavy (non-hydrogen) atoms. The maximum Gasteiger partial charge on any atom is 0.143 e. The predicted molar refractivity (Wildman–Crippen MR) is 114 cm³/mol. The molecule has 0 radical (unpaired) electrons. The van der Waals surface area contributed by atoms with Crippen LogP contribution >= 0.6 is 0 Å². The van der Waals surface area contributed by atoms with Crippen LogP contribution in [0.25, 0.3) is 16.7 Å². The van der Waals surface area contributed by atoms with Gasteiger partial charge in [-0.05, 0) is 49.9 Å². The maximum absolute atomic E-state index is 11.1. The highest BCUT2D eigenvalue weighted by molar-refractivity contribution is 5.78. The molecule has 1 saturated carbocycles. The van der Waals surface area contributed by atoms with Crippen molar-refractivity contribution >= 4 is 16.7 Å². The first kappa shape index (κ1) is 18.9. The Bertz CT molecular complexity index is 1270. The molecule has 1 spiro atoms. The Kier molecular flexibility index (Phi) is 4.18. The Hall–Kier alpha value is -2.81. The lowest BCUT2D eigenvalue weighted by molar-refractivity contribution is -0.0308. The lowest BCUT2D eigenvalue weighted by Crippen LogP contribution is -2.37. The van der Waals surface area contributed by atoms with E-state index in [-0.39, 0.29) is 12.1 Å². The van der Waals surface area contributed by atoms with E-state index in [9.17, 15) is 10.2 Å². The van der Waals surface area contributed by atoms with Crippen molar-refractivity contribution in [2.75, 3.05) is 6.61 Å². The first-order valence-corrected chi connectivity index (χ1v) is 10.7. The molecule has 6 rings (SSSR count). The van der Waals surface area contributed by atoms with Gasteiger partial charge in [-0.15, -0.1) is 0 Å². The average molecular weight is 419 g/mol. The van der Waals surface area contributed by atoms with Crippen molar-refractivity contribution in [3.63, 3.8) is 0 Å². The zero-order chi connectivity index (χ0) is 21.2. The molecule has 0 amide bonds. The number of aliphatic hydroxyl groups is 2. The number of aryl methyl sites for hydroxylation is 1. The van der Waals surface area contributed by atoms with E-state index in [1.807, 2.05) is 40.5 Å². The number of aromatic nitrogens is 5. The quantitative estimate of drug-likeness (QED) is 0.528. The van der Waals surface area contributed by atoms with Crippen molar-refractivity contribution in [1.82, 2.24) is 23.9 Å². The van der Waals surface area contributed by atoms with E-state index in [0.717, 1.165) is 34.4 Å². The highest BCUT2D eigenvalue weighted by atomic mass is 16.5. The SMILES string of the molecule is Cc1ncnc2c1ccn2[C@@H]1C[C@@]2(CO[C@@H](Cc3ccn4ccnc4c3)C2)[C@@H](O)[C@H]1O. The number of ether oxygens (including phenoxy) is 1. The van der Waals surface area contributed by atoms with Gasteiger partial charge in [-0.3, -0.25) is 0 Å². The number of fused-ring (bicyclic) bond motifs is 2. The molecule has 4 aromatic rings. The second kappa shape index (κ2) is 6.85. The van der Waals surface area contributed by atoms with Crippen LogP contribution in [-0.4, -0.2) is 59.1 Å². The van der Waals surface area contributed by atoms with Gasteiger partial charge in [0.2, 0.25) is 0 Å². The van der Waals surface area contributed by atoms with Crippen LogP contribution in [0.2, 0.25) is 0 Å². The molecular weight excluding hydrogens is 394 g/mol. The third kappa shape index (κ3) is 2.90. The predicted octanol–water partition coefficient (Wildman–Crippen LogP) is 2.07. The molecule has 4 aromatic heterocycles. The van der Waals surface area contributed by atoms with Crippen molar-refractivity contribution in [2.45, 2.75) is 50.5 Å². The average Bonchev–Trinajstić information content (AvgIpc) is 3.53. The van der Waals surface area contributed by atoms with E-state index >= 15 is 0 Å². The summed E-state index contributed by atoms with van der Waals surface area (Å²) in [6.45, 7) is 2.40. The largest absolute Gasteiger partial charge is 0.390 e. The second-order valence-electron chi connectivity index (χ2n) is 9.06. The highest BCUT2D eigenvalue weighted by Gasteiger charge is 2.57. The number of hydrogen-bond donors (Lipinski definition) is 2. The first-order valence-electron chi connectivity index (χ1n) is 10.7. The summed E-state index contributed by atoms with van der Waals surface area (Å²) in [6.07, 6.45) is 9.64. The zero-order valence-corrected chi connectivity index (χ0v) is 17.3. The number of pyridine rings is 1. The summed E-state index contributed by atoms with van der Waals surface area (Å²) in [7, 11) is 0. The van der Waals surface area contributed by atoms with Crippen molar-refractivity contribution in [3.8, 4) is 0 Å².